The van der Waals surface area contributed by atoms with Gasteiger partial charge in [-0.25, -0.2) is 0 Å². The number of carbonyl (C=O) groups is 1. The minimum Gasteiger partial charge on any atom is -0.346 e. The molecule has 1 aromatic carbocycles. The zero-order valence-electron chi connectivity index (χ0n) is 9.86. The quantitative estimate of drug-likeness (QED) is 0.760. The van der Waals surface area contributed by atoms with Crippen molar-refractivity contribution < 1.29 is 22.7 Å². The Morgan fingerprint density at radius 2 is 1.83 bits per heavy atom. The SMILES string of the molecule is CN(C)C(=O)[C@H]1O[C@]1(c1ccccc1)C(F)(F)F. The molecule has 1 aliphatic rings. The number of ether oxygens (including phenoxy) is 1. The van der Waals surface area contributed by atoms with Crippen molar-refractivity contribution in [1.82, 2.24) is 4.90 Å². The Morgan fingerprint density at radius 1 is 1.28 bits per heavy atom. The smallest absolute Gasteiger partial charge is 0.346 e. The number of carbonyl (C=O) groups excluding carboxylic acids is 1. The number of halogens is 3. The van der Waals surface area contributed by atoms with Gasteiger partial charge in [-0.2, -0.15) is 13.2 Å². The average Bonchev–Trinajstić information content (AvgIpc) is 3.05. The maximum atomic E-state index is 13.2. The number of benzene rings is 1. The lowest BCUT2D eigenvalue weighted by Crippen LogP contribution is -2.38. The molecule has 0 saturated carbocycles. The van der Waals surface area contributed by atoms with E-state index in [1.54, 1.807) is 6.07 Å². The van der Waals surface area contributed by atoms with Gasteiger partial charge in [-0.1, -0.05) is 30.3 Å². The van der Waals surface area contributed by atoms with Gasteiger partial charge in [0.1, 0.15) is 0 Å². The van der Waals surface area contributed by atoms with Crippen LogP contribution in [0.4, 0.5) is 13.2 Å². The van der Waals surface area contributed by atoms with E-state index >= 15 is 0 Å². The van der Waals surface area contributed by atoms with Gasteiger partial charge in [0.25, 0.3) is 5.91 Å². The van der Waals surface area contributed by atoms with E-state index in [0.29, 0.717) is 0 Å². The van der Waals surface area contributed by atoms with E-state index in [9.17, 15) is 18.0 Å². The van der Waals surface area contributed by atoms with E-state index in [1.165, 1.54) is 38.4 Å². The molecule has 2 rings (SSSR count). The fourth-order valence-corrected chi connectivity index (χ4v) is 1.89. The summed E-state index contributed by atoms with van der Waals surface area (Å²) >= 11 is 0. The van der Waals surface area contributed by atoms with Gasteiger partial charge in [-0.3, -0.25) is 4.79 Å². The van der Waals surface area contributed by atoms with Gasteiger partial charge < -0.3 is 9.64 Å². The van der Waals surface area contributed by atoms with Gasteiger partial charge in [-0.15, -0.1) is 0 Å². The Morgan fingerprint density at radius 3 is 2.28 bits per heavy atom. The largest absolute Gasteiger partial charge is 0.424 e. The summed E-state index contributed by atoms with van der Waals surface area (Å²) in [5.74, 6) is -0.684. The molecule has 0 N–H and O–H groups in total. The fraction of sp³-hybridized carbons (Fsp3) is 0.417. The van der Waals surface area contributed by atoms with Crippen LogP contribution in [0, 0.1) is 0 Å². The zero-order valence-corrected chi connectivity index (χ0v) is 9.86. The molecule has 1 amide bonds. The Hall–Kier alpha value is -1.56. The van der Waals surface area contributed by atoms with E-state index in [1.807, 2.05) is 0 Å². The van der Waals surface area contributed by atoms with E-state index < -0.39 is 23.8 Å². The molecule has 1 heterocycles. The predicted molar refractivity (Wildman–Crippen MR) is 57.7 cm³/mol. The van der Waals surface area contributed by atoms with Crippen LogP contribution in [0.15, 0.2) is 30.3 Å². The lowest BCUT2D eigenvalue weighted by molar-refractivity contribution is -0.188. The molecule has 6 heteroatoms. The molecule has 0 aliphatic carbocycles. The van der Waals surface area contributed by atoms with Crippen molar-refractivity contribution in [2.24, 2.45) is 0 Å². The number of alkyl halides is 3. The van der Waals surface area contributed by atoms with Gasteiger partial charge in [-0.05, 0) is 5.56 Å². The van der Waals surface area contributed by atoms with Crippen LogP contribution in [0.5, 0.6) is 0 Å². The van der Waals surface area contributed by atoms with Crippen molar-refractivity contribution in [3.63, 3.8) is 0 Å². The lowest BCUT2D eigenvalue weighted by atomic mass is 9.94. The molecule has 1 aromatic rings. The molecule has 0 bridgehead atoms. The standard InChI is InChI=1S/C12H12F3NO2/c1-16(2)10(17)9-11(18-9,12(13,14)15)8-6-4-3-5-7-8/h3-7,9H,1-2H3/t9-,11+/m1/s1. The summed E-state index contributed by atoms with van der Waals surface area (Å²) in [5.41, 5.74) is -2.53. The Labute approximate surface area is 102 Å². The van der Waals surface area contributed by atoms with Crippen molar-refractivity contribution in [2.75, 3.05) is 14.1 Å². The number of hydrogen-bond acceptors (Lipinski definition) is 2. The fourth-order valence-electron chi connectivity index (χ4n) is 1.89. The molecule has 0 aromatic heterocycles. The third-order valence-corrected chi connectivity index (χ3v) is 2.90. The van der Waals surface area contributed by atoms with Crippen molar-refractivity contribution in [2.45, 2.75) is 17.9 Å². The molecule has 98 valence electrons. The first kappa shape index (κ1) is 12.9. The molecule has 1 fully saturated rings. The second-order valence-electron chi connectivity index (χ2n) is 4.33. The Kier molecular flexibility index (Phi) is 2.85. The second kappa shape index (κ2) is 3.98. The third-order valence-electron chi connectivity index (χ3n) is 2.90. The average molecular weight is 259 g/mol. The maximum absolute atomic E-state index is 13.2. The van der Waals surface area contributed by atoms with Crippen LogP contribution in [0.3, 0.4) is 0 Å². The second-order valence-corrected chi connectivity index (χ2v) is 4.33. The number of likely N-dealkylation sites (N-methyl/N-ethyl adjacent to an activating group) is 1. The summed E-state index contributed by atoms with van der Waals surface area (Å²) in [4.78, 5) is 12.7. The molecule has 0 unspecified atom stereocenters. The summed E-state index contributed by atoms with van der Waals surface area (Å²) in [6, 6.07) is 7.22. The van der Waals surface area contributed by atoms with Crippen LogP contribution in [-0.4, -0.2) is 37.2 Å². The summed E-state index contributed by atoms with van der Waals surface area (Å²) in [6.45, 7) is 0. The highest BCUT2D eigenvalue weighted by Crippen LogP contribution is 2.57. The lowest BCUT2D eigenvalue weighted by Gasteiger charge is -2.18. The predicted octanol–water partition coefficient (Wildman–Crippen LogP) is 1.93. The maximum Gasteiger partial charge on any atom is 0.424 e. The highest BCUT2D eigenvalue weighted by Gasteiger charge is 2.77. The first-order valence-electron chi connectivity index (χ1n) is 5.32. The molecule has 1 saturated heterocycles. The summed E-state index contributed by atoms with van der Waals surface area (Å²) < 4.78 is 44.2. The number of hydrogen-bond donors (Lipinski definition) is 0. The normalized spacial score (nSPS) is 26.8. The number of nitrogens with zero attached hydrogens (tertiary/aromatic N) is 1. The molecule has 2 atom stereocenters. The Bertz CT molecular complexity index is 458. The zero-order chi connectivity index (χ0) is 13.6. The van der Waals surface area contributed by atoms with Crippen LogP contribution in [0.1, 0.15) is 5.56 Å². The monoisotopic (exact) mass is 259 g/mol. The van der Waals surface area contributed by atoms with E-state index in [0.717, 1.165) is 4.90 Å². The van der Waals surface area contributed by atoms with Crippen LogP contribution in [0.25, 0.3) is 0 Å². The highest BCUT2D eigenvalue weighted by atomic mass is 19.4. The number of epoxide rings is 1. The van der Waals surface area contributed by atoms with Crippen LogP contribution in [-0.2, 0) is 15.1 Å². The molecule has 18 heavy (non-hydrogen) atoms. The van der Waals surface area contributed by atoms with Crippen molar-refractivity contribution in [1.29, 1.82) is 0 Å². The summed E-state index contributed by atoms with van der Waals surface area (Å²) in [5, 5.41) is 0. The molecule has 0 radical (unpaired) electrons. The molecular formula is C12H12F3NO2. The summed E-state index contributed by atoms with van der Waals surface area (Å²) in [7, 11) is 2.80. The van der Waals surface area contributed by atoms with Gasteiger partial charge in [0.2, 0.25) is 5.60 Å². The van der Waals surface area contributed by atoms with Gasteiger partial charge in [0.05, 0.1) is 0 Å². The van der Waals surface area contributed by atoms with Crippen LogP contribution >= 0.6 is 0 Å². The van der Waals surface area contributed by atoms with Gasteiger partial charge in [0.15, 0.2) is 6.10 Å². The number of rotatable bonds is 2. The van der Waals surface area contributed by atoms with Gasteiger partial charge >= 0.3 is 6.18 Å². The van der Waals surface area contributed by atoms with Gasteiger partial charge in [0, 0.05) is 14.1 Å². The highest BCUT2D eigenvalue weighted by molar-refractivity contribution is 5.85. The minimum atomic E-state index is -4.62. The van der Waals surface area contributed by atoms with E-state index in [2.05, 4.69) is 0 Å². The van der Waals surface area contributed by atoms with Crippen molar-refractivity contribution in [3.05, 3.63) is 35.9 Å². The third kappa shape index (κ3) is 1.77. The first-order valence-corrected chi connectivity index (χ1v) is 5.32. The Balaban J connectivity index is 2.39. The summed E-state index contributed by atoms with van der Waals surface area (Å²) in [6.07, 6.45) is -6.11. The van der Waals surface area contributed by atoms with E-state index in [-0.39, 0.29) is 5.56 Å². The molecule has 3 nitrogen and oxygen atoms in total. The molecule has 0 spiro atoms. The minimum absolute atomic E-state index is 0.0438. The topological polar surface area (TPSA) is 32.8 Å². The molecular weight excluding hydrogens is 247 g/mol. The van der Waals surface area contributed by atoms with Crippen LogP contribution in [0.2, 0.25) is 0 Å². The number of amides is 1. The van der Waals surface area contributed by atoms with E-state index in [4.69, 9.17) is 4.74 Å². The van der Waals surface area contributed by atoms with Crippen LogP contribution < -0.4 is 0 Å². The van der Waals surface area contributed by atoms with Crippen molar-refractivity contribution >= 4 is 5.91 Å². The van der Waals surface area contributed by atoms with Crippen molar-refractivity contribution in [3.8, 4) is 0 Å². The first-order chi connectivity index (χ1) is 8.30. The molecule has 1 aliphatic heterocycles.